The number of hydrogen-bond acceptors (Lipinski definition) is 9. The Bertz CT molecular complexity index is 3090. The summed E-state index contributed by atoms with van der Waals surface area (Å²) < 4.78 is 9.05. The molecule has 4 fully saturated rings. The van der Waals surface area contributed by atoms with E-state index in [0.29, 0.717) is 23.3 Å². The van der Waals surface area contributed by atoms with Crippen LogP contribution >= 0.6 is 81.4 Å². The summed E-state index contributed by atoms with van der Waals surface area (Å²) in [6.45, 7) is 15.1. The number of aromatic nitrogens is 4. The smallest absolute Gasteiger partial charge is 0.410 e. The molecule has 2 aromatic heterocycles. The number of ether oxygens (including phenoxy) is 1. The van der Waals surface area contributed by atoms with Crippen LogP contribution in [0.3, 0.4) is 0 Å². The Morgan fingerprint density at radius 3 is 1.41 bits per heavy atom. The van der Waals surface area contributed by atoms with Gasteiger partial charge in [-0.05, 0) is 241 Å². The fourth-order valence-corrected chi connectivity index (χ4v) is 11.6. The minimum absolute atomic E-state index is 0. The summed E-state index contributed by atoms with van der Waals surface area (Å²) in [6.07, 6.45) is 16.7. The number of hydrogen-bond donors (Lipinski definition) is 2. The summed E-state index contributed by atoms with van der Waals surface area (Å²) in [5, 5.41) is 14.4. The first-order chi connectivity index (χ1) is 40.1. The molecule has 1 saturated carbocycles. The molecule has 19 heteroatoms. The zero-order chi connectivity index (χ0) is 61.0. The van der Waals surface area contributed by atoms with Crippen molar-refractivity contribution in [3.05, 3.63) is 200 Å². The molecule has 3 saturated heterocycles. The molecular formula is C66H86Cl5IN8O5. The van der Waals surface area contributed by atoms with Crippen molar-refractivity contribution >= 4 is 99.2 Å². The third kappa shape index (κ3) is 29.5. The van der Waals surface area contributed by atoms with Gasteiger partial charge < -0.3 is 25.6 Å². The van der Waals surface area contributed by atoms with E-state index < -0.39 is 5.60 Å². The van der Waals surface area contributed by atoms with Crippen LogP contribution in [-0.4, -0.2) is 86.2 Å². The van der Waals surface area contributed by atoms with Gasteiger partial charge in [0.25, 0.3) is 11.1 Å². The van der Waals surface area contributed by atoms with Crippen LogP contribution in [0.15, 0.2) is 143 Å². The second kappa shape index (κ2) is 38.4. The Hall–Kier alpha value is -4.94. The molecule has 3 aliphatic heterocycles. The first-order valence-electron chi connectivity index (χ1n) is 29.2. The fraction of sp³-hybridized carbons (Fsp3) is 0.455. The highest BCUT2D eigenvalue weighted by atomic mass is 127. The number of carbonyl (C=O) groups excluding carboxylic acids is 2. The number of nitrogen functional groups attached to an aromatic ring is 1. The third-order valence-electron chi connectivity index (χ3n) is 14.6. The number of rotatable bonds is 8. The van der Waals surface area contributed by atoms with Crippen LogP contribution < -0.4 is 22.2 Å². The highest BCUT2D eigenvalue weighted by Crippen LogP contribution is 2.27. The van der Waals surface area contributed by atoms with Gasteiger partial charge in [0, 0.05) is 76.1 Å². The average molecular weight is 1380 g/mol. The predicted octanol–water partition coefficient (Wildman–Crippen LogP) is 15.1. The van der Waals surface area contributed by atoms with Gasteiger partial charge in [-0.1, -0.05) is 107 Å². The minimum Gasteiger partial charge on any atom is -0.444 e. The molecule has 1 aliphatic carbocycles. The topological polar surface area (TPSA) is 158 Å². The van der Waals surface area contributed by atoms with Gasteiger partial charge in [0.15, 0.2) is 0 Å². The van der Waals surface area contributed by atoms with Crippen LogP contribution in [0.1, 0.15) is 114 Å². The van der Waals surface area contributed by atoms with Crippen LogP contribution in [-0.2, 0) is 49.3 Å². The normalized spacial score (nSPS) is 15.4. The predicted molar refractivity (Wildman–Crippen MR) is 362 cm³/mol. The SMILES string of the molecule is C=C1CCCCC1.CC(C)(C)OC(=O)N1CCC(Cc2cccc(Cl)c2)CC1.Cl.Clc1cccc(CC2CCNCC2)c1.Clc1cccc(I)c1.Cn1nc(CC(=O)N2CCC(Cc3cccc(Cl)c3)CC2)ccc1=O.Cn1nc(N)ccc1=O. The highest BCUT2D eigenvalue weighted by Gasteiger charge is 2.27. The number of aryl methyl sites for hydroxylation is 2. The summed E-state index contributed by atoms with van der Waals surface area (Å²) in [5.41, 5.74) is 10.5. The molecule has 4 aromatic carbocycles. The van der Waals surface area contributed by atoms with Gasteiger partial charge in [-0.3, -0.25) is 14.4 Å². The Morgan fingerprint density at radius 2 is 1.04 bits per heavy atom. The number of likely N-dealkylation sites (tertiary alicyclic amines) is 2. The maximum absolute atomic E-state index is 12.5. The number of anilines is 1. The van der Waals surface area contributed by atoms with E-state index in [1.807, 2.05) is 103 Å². The number of halogens is 6. The number of nitrogens with one attached hydrogen (secondary N) is 1. The molecule has 5 heterocycles. The lowest BCUT2D eigenvalue weighted by Crippen LogP contribution is -2.42. The number of nitrogens with two attached hydrogens (primary N) is 1. The average Bonchev–Trinajstić information content (AvgIpc) is 3.66. The molecule has 2 amide bonds. The maximum atomic E-state index is 12.5. The molecule has 85 heavy (non-hydrogen) atoms. The lowest BCUT2D eigenvalue weighted by atomic mass is 9.90. The Morgan fingerprint density at radius 1 is 0.612 bits per heavy atom. The Balaban J connectivity index is 0.000000232. The summed E-state index contributed by atoms with van der Waals surface area (Å²) in [7, 11) is 3.15. The molecule has 462 valence electrons. The second-order valence-corrected chi connectivity index (χ2v) is 25.9. The lowest BCUT2D eigenvalue weighted by molar-refractivity contribution is -0.131. The summed E-state index contributed by atoms with van der Waals surface area (Å²) in [6, 6.07) is 37.9. The molecule has 13 nitrogen and oxygen atoms in total. The summed E-state index contributed by atoms with van der Waals surface area (Å²) in [4.78, 5) is 50.2. The van der Waals surface area contributed by atoms with Crippen molar-refractivity contribution in [2.24, 2.45) is 31.8 Å². The van der Waals surface area contributed by atoms with Gasteiger partial charge in [0.05, 0.1) is 12.1 Å². The first kappa shape index (κ1) is 72.5. The summed E-state index contributed by atoms with van der Waals surface area (Å²) in [5.74, 6) is 2.47. The van der Waals surface area contributed by atoms with E-state index in [1.54, 1.807) is 20.2 Å². The Kier molecular flexibility index (Phi) is 32.7. The van der Waals surface area contributed by atoms with Crippen LogP contribution in [0.5, 0.6) is 0 Å². The van der Waals surface area contributed by atoms with Gasteiger partial charge in [-0.15, -0.1) is 12.4 Å². The largest absolute Gasteiger partial charge is 0.444 e. The molecular weight excluding hydrogens is 1290 g/mol. The number of nitrogens with zero attached hydrogens (tertiary/aromatic N) is 6. The maximum Gasteiger partial charge on any atom is 0.410 e. The number of piperidine rings is 3. The van der Waals surface area contributed by atoms with E-state index in [2.05, 4.69) is 68.9 Å². The van der Waals surface area contributed by atoms with Crippen LogP contribution in [0.4, 0.5) is 10.6 Å². The fourth-order valence-electron chi connectivity index (χ4n) is 10.1. The molecule has 0 atom stereocenters. The standard InChI is InChI=1S/C19H22ClN3O2.C17H24ClNO2.C12H16ClN.C7H12.C6H4ClI.C5H7N3O.ClH/c1-22-18(24)6-5-17(21-22)13-19(25)23-9-7-14(8-10-23)11-15-3-2-4-16(20)12-15;1-17(2,3)21-16(20)19-9-7-13(8-10-19)11-14-5-4-6-15(18)12-14;13-12-3-1-2-11(9-12)8-10-4-6-14-7-5-10;1-7-5-3-2-4-6-7;7-5-2-1-3-6(8)4-5;1-8-5(9)3-2-4(6)7-8;/h2-6,12,14H,7-11,13H2,1H3;4-6,12-13H,7-11H2,1-3H3;1-3,9-10,14H,4-8H2;1-6H2;1-4H;2-3H,1H3,(H2,6,7);1H. The number of benzene rings is 4. The van der Waals surface area contributed by atoms with Crippen LogP contribution in [0.25, 0.3) is 0 Å². The molecule has 10 rings (SSSR count). The van der Waals surface area contributed by atoms with E-state index in [-0.39, 0.29) is 41.9 Å². The monoisotopic (exact) mass is 1370 g/mol. The van der Waals surface area contributed by atoms with Crippen molar-refractivity contribution < 1.29 is 14.3 Å². The van der Waals surface area contributed by atoms with Crippen molar-refractivity contribution in [1.29, 1.82) is 0 Å². The number of carbonyl (C=O) groups is 2. The number of amides is 2. The quantitative estimate of drug-likeness (QED) is 0.112. The molecule has 6 aromatic rings. The van der Waals surface area contributed by atoms with E-state index in [4.69, 9.17) is 56.9 Å². The highest BCUT2D eigenvalue weighted by molar-refractivity contribution is 14.1. The Labute approximate surface area is 543 Å². The lowest BCUT2D eigenvalue weighted by Gasteiger charge is -2.33. The molecule has 0 unspecified atom stereocenters. The minimum atomic E-state index is -0.422. The molecule has 4 aliphatic rings. The van der Waals surface area contributed by atoms with Crippen molar-refractivity contribution in [3.63, 3.8) is 0 Å². The van der Waals surface area contributed by atoms with Gasteiger partial charge in [0.2, 0.25) is 5.91 Å². The van der Waals surface area contributed by atoms with Crippen molar-refractivity contribution in [1.82, 2.24) is 34.7 Å². The third-order valence-corrected chi connectivity index (χ3v) is 16.2. The second-order valence-electron chi connectivity index (χ2n) is 22.9. The van der Waals surface area contributed by atoms with E-state index in [1.165, 1.54) is 118 Å². The molecule has 0 radical (unpaired) electrons. The summed E-state index contributed by atoms with van der Waals surface area (Å²) >= 11 is 25.9. The van der Waals surface area contributed by atoms with Gasteiger partial charge >= 0.3 is 6.09 Å². The van der Waals surface area contributed by atoms with Crippen molar-refractivity contribution in [2.75, 3.05) is 45.0 Å². The molecule has 0 bridgehead atoms. The van der Waals surface area contributed by atoms with Crippen molar-refractivity contribution in [3.8, 4) is 0 Å². The van der Waals surface area contributed by atoms with Crippen molar-refractivity contribution in [2.45, 2.75) is 123 Å². The molecule has 3 N–H and O–H groups in total. The first-order valence-corrected chi connectivity index (χ1v) is 31.8. The van der Waals surface area contributed by atoms with Gasteiger partial charge in [-0.25, -0.2) is 14.2 Å². The van der Waals surface area contributed by atoms with Crippen LogP contribution in [0, 0.1) is 21.3 Å². The number of allylic oxidation sites excluding steroid dienone is 1. The zero-order valence-electron chi connectivity index (χ0n) is 49.9. The van der Waals surface area contributed by atoms with Gasteiger partial charge in [0.1, 0.15) is 11.4 Å². The zero-order valence-corrected chi connectivity index (χ0v) is 55.9. The van der Waals surface area contributed by atoms with E-state index in [9.17, 15) is 19.2 Å². The van der Waals surface area contributed by atoms with Gasteiger partial charge in [-0.2, -0.15) is 10.2 Å². The molecule has 0 spiro atoms. The van der Waals surface area contributed by atoms with E-state index >= 15 is 0 Å². The van der Waals surface area contributed by atoms with Crippen LogP contribution in [0.2, 0.25) is 20.1 Å². The van der Waals surface area contributed by atoms with E-state index in [0.717, 1.165) is 90.7 Å².